The van der Waals surface area contributed by atoms with Crippen LogP contribution in [0.2, 0.25) is 0 Å². The number of terminal acetylenes is 1. The molecule has 2 rings (SSSR count). The van der Waals surface area contributed by atoms with E-state index < -0.39 is 21.8 Å². The van der Waals surface area contributed by atoms with E-state index in [2.05, 4.69) is 16.1 Å². The maximum absolute atomic E-state index is 12.4. The molecule has 0 radical (unpaired) electrons. The standard InChI is InChI=1S/C12H16N4O3S/c1-3-5-16(9-4-6-20(18,19)7-9)12(17)11-10(13)8(2)14-15-11/h1,9H,4-7,13H2,2H3,(H,14,15). The highest BCUT2D eigenvalue weighted by atomic mass is 32.2. The van der Waals surface area contributed by atoms with Crippen LogP contribution in [0.4, 0.5) is 5.69 Å². The molecule has 0 bridgehead atoms. The number of carbonyl (C=O) groups excluding carboxylic acids is 1. The second-order valence-corrected chi connectivity index (χ2v) is 7.03. The van der Waals surface area contributed by atoms with Crippen molar-refractivity contribution in [1.82, 2.24) is 15.1 Å². The van der Waals surface area contributed by atoms with Crippen LogP contribution in [0.25, 0.3) is 0 Å². The van der Waals surface area contributed by atoms with Crippen LogP contribution in [0, 0.1) is 19.3 Å². The molecule has 108 valence electrons. The van der Waals surface area contributed by atoms with E-state index in [0.29, 0.717) is 12.1 Å². The van der Waals surface area contributed by atoms with Gasteiger partial charge in [0.25, 0.3) is 5.91 Å². The summed E-state index contributed by atoms with van der Waals surface area (Å²) in [6, 6.07) is -0.417. The Bertz CT molecular complexity index is 671. The number of nitrogens with zero attached hydrogens (tertiary/aromatic N) is 2. The van der Waals surface area contributed by atoms with Crippen molar-refractivity contribution >= 4 is 21.4 Å². The van der Waals surface area contributed by atoms with Crippen molar-refractivity contribution in [2.75, 3.05) is 23.8 Å². The number of aromatic nitrogens is 2. The number of aryl methyl sites for hydroxylation is 1. The van der Waals surface area contributed by atoms with E-state index in [0.717, 1.165) is 0 Å². The summed E-state index contributed by atoms with van der Waals surface area (Å²) in [4.78, 5) is 13.8. The minimum Gasteiger partial charge on any atom is -0.395 e. The molecule has 1 amide bonds. The Balaban J connectivity index is 2.28. The number of nitrogen functional groups attached to an aromatic ring is 1. The Morgan fingerprint density at radius 3 is 2.80 bits per heavy atom. The molecule has 8 heteroatoms. The molecule has 1 atom stereocenters. The predicted molar refractivity (Wildman–Crippen MR) is 74.7 cm³/mol. The third kappa shape index (κ3) is 2.63. The van der Waals surface area contributed by atoms with Gasteiger partial charge in [-0.25, -0.2) is 8.42 Å². The van der Waals surface area contributed by atoms with Gasteiger partial charge >= 0.3 is 0 Å². The fraction of sp³-hybridized carbons (Fsp3) is 0.500. The Kier molecular flexibility index (Phi) is 3.72. The molecule has 1 aliphatic rings. The summed E-state index contributed by atoms with van der Waals surface area (Å²) in [5.41, 5.74) is 6.72. The van der Waals surface area contributed by atoms with Gasteiger partial charge < -0.3 is 10.6 Å². The Hall–Kier alpha value is -2.01. The second kappa shape index (κ2) is 5.17. The number of anilines is 1. The van der Waals surface area contributed by atoms with Gasteiger partial charge in [-0.05, 0) is 13.3 Å². The topological polar surface area (TPSA) is 109 Å². The monoisotopic (exact) mass is 296 g/mol. The molecular formula is C12H16N4O3S. The Labute approximate surface area is 117 Å². The number of sulfone groups is 1. The number of nitrogens with one attached hydrogen (secondary N) is 1. The summed E-state index contributed by atoms with van der Waals surface area (Å²) in [6.45, 7) is 1.73. The van der Waals surface area contributed by atoms with Crippen LogP contribution in [0.1, 0.15) is 22.6 Å². The van der Waals surface area contributed by atoms with E-state index >= 15 is 0 Å². The van der Waals surface area contributed by atoms with Gasteiger partial charge in [0.2, 0.25) is 0 Å². The fourth-order valence-electron chi connectivity index (χ4n) is 2.22. The summed E-state index contributed by atoms with van der Waals surface area (Å²) < 4.78 is 23.1. The van der Waals surface area contributed by atoms with E-state index in [4.69, 9.17) is 12.2 Å². The van der Waals surface area contributed by atoms with Gasteiger partial charge in [-0.2, -0.15) is 5.10 Å². The van der Waals surface area contributed by atoms with Gasteiger partial charge in [-0.1, -0.05) is 5.92 Å². The van der Waals surface area contributed by atoms with Gasteiger partial charge in [0, 0.05) is 6.04 Å². The summed E-state index contributed by atoms with van der Waals surface area (Å²) >= 11 is 0. The first kappa shape index (κ1) is 14.4. The van der Waals surface area contributed by atoms with Crippen LogP contribution in [-0.4, -0.2) is 53.5 Å². The van der Waals surface area contributed by atoms with Crippen molar-refractivity contribution in [2.45, 2.75) is 19.4 Å². The van der Waals surface area contributed by atoms with Crippen molar-refractivity contribution in [3.63, 3.8) is 0 Å². The van der Waals surface area contributed by atoms with Crippen LogP contribution in [0.5, 0.6) is 0 Å². The van der Waals surface area contributed by atoms with Crippen LogP contribution in [0.15, 0.2) is 0 Å². The predicted octanol–water partition coefficient (Wildman–Crippen LogP) is -0.437. The molecule has 0 saturated carbocycles. The van der Waals surface area contributed by atoms with Crippen LogP contribution in [0.3, 0.4) is 0 Å². The minimum atomic E-state index is -3.10. The lowest BCUT2D eigenvalue weighted by molar-refractivity contribution is 0.0719. The summed E-state index contributed by atoms with van der Waals surface area (Å²) in [5, 5.41) is 6.50. The van der Waals surface area contributed by atoms with Crippen molar-refractivity contribution in [3.8, 4) is 12.3 Å². The molecule has 1 aromatic rings. The van der Waals surface area contributed by atoms with E-state index in [1.165, 1.54) is 4.90 Å². The lowest BCUT2D eigenvalue weighted by atomic mass is 10.2. The van der Waals surface area contributed by atoms with Gasteiger partial charge in [0.05, 0.1) is 29.4 Å². The molecule has 1 aromatic heterocycles. The first-order chi connectivity index (χ1) is 9.35. The Morgan fingerprint density at radius 2 is 2.35 bits per heavy atom. The first-order valence-electron chi connectivity index (χ1n) is 6.11. The number of hydrogen-bond donors (Lipinski definition) is 2. The average molecular weight is 296 g/mol. The number of hydrogen-bond acceptors (Lipinski definition) is 5. The lowest BCUT2D eigenvalue weighted by Gasteiger charge is -2.25. The molecule has 0 aromatic carbocycles. The first-order valence-corrected chi connectivity index (χ1v) is 7.93. The van der Waals surface area contributed by atoms with E-state index in [1.54, 1.807) is 6.92 Å². The maximum Gasteiger partial charge on any atom is 0.277 e. The highest BCUT2D eigenvalue weighted by Crippen LogP contribution is 2.22. The zero-order valence-corrected chi connectivity index (χ0v) is 11.9. The van der Waals surface area contributed by atoms with Gasteiger partial charge in [-0.3, -0.25) is 9.89 Å². The normalized spacial score (nSPS) is 20.5. The van der Waals surface area contributed by atoms with Crippen LogP contribution in [-0.2, 0) is 9.84 Å². The lowest BCUT2D eigenvalue weighted by Crippen LogP contribution is -2.41. The molecule has 3 N–H and O–H groups in total. The maximum atomic E-state index is 12.4. The number of H-pyrrole nitrogens is 1. The highest BCUT2D eigenvalue weighted by molar-refractivity contribution is 7.91. The number of carbonyl (C=O) groups is 1. The molecule has 0 spiro atoms. The Morgan fingerprint density at radius 1 is 1.65 bits per heavy atom. The summed E-state index contributed by atoms with van der Waals surface area (Å²) in [7, 11) is -3.10. The molecule has 1 fully saturated rings. The summed E-state index contributed by atoms with van der Waals surface area (Å²) in [6.07, 6.45) is 5.66. The minimum absolute atomic E-state index is 0.0321. The fourth-order valence-corrected chi connectivity index (χ4v) is 3.95. The van der Waals surface area contributed by atoms with Crippen LogP contribution < -0.4 is 5.73 Å². The number of amides is 1. The molecule has 20 heavy (non-hydrogen) atoms. The molecule has 1 unspecified atom stereocenters. The molecule has 1 aliphatic heterocycles. The van der Waals surface area contributed by atoms with Crippen molar-refractivity contribution < 1.29 is 13.2 Å². The summed E-state index contributed by atoms with van der Waals surface area (Å²) in [5.74, 6) is 1.95. The van der Waals surface area contributed by atoms with Crippen molar-refractivity contribution in [1.29, 1.82) is 0 Å². The SMILES string of the molecule is C#CCN(C(=O)c1n[nH]c(C)c1N)C1CCS(=O)(=O)C1. The van der Waals surface area contributed by atoms with Crippen molar-refractivity contribution in [3.05, 3.63) is 11.4 Å². The largest absolute Gasteiger partial charge is 0.395 e. The highest BCUT2D eigenvalue weighted by Gasteiger charge is 2.35. The van der Waals surface area contributed by atoms with E-state index in [1.807, 2.05) is 0 Å². The molecule has 2 heterocycles. The van der Waals surface area contributed by atoms with Gasteiger partial charge in [0.15, 0.2) is 15.5 Å². The average Bonchev–Trinajstić information content (AvgIpc) is 2.90. The van der Waals surface area contributed by atoms with Gasteiger partial charge in [0.1, 0.15) is 0 Å². The van der Waals surface area contributed by atoms with E-state index in [9.17, 15) is 13.2 Å². The van der Waals surface area contributed by atoms with E-state index in [-0.39, 0.29) is 29.4 Å². The molecule has 7 nitrogen and oxygen atoms in total. The molecular weight excluding hydrogens is 280 g/mol. The third-order valence-electron chi connectivity index (χ3n) is 3.37. The zero-order valence-electron chi connectivity index (χ0n) is 11.1. The van der Waals surface area contributed by atoms with Gasteiger partial charge in [-0.15, -0.1) is 6.42 Å². The zero-order chi connectivity index (χ0) is 14.9. The quantitative estimate of drug-likeness (QED) is 0.735. The number of aromatic amines is 1. The number of nitrogens with two attached hydrogens (primary N) is 1. The smallest absolute Gasteiger partial charge is 0.277 e. The van der Waals surface area contributed by atoms with Crippen molar-refractivity contribution in [2.24, 2.45) is 0 Å². The molecule has 1 saturated heterocycles. The van der Waals surface area contributed by atoms with Crippen LogP contribution >= 0.6 is 0 Å². The third-order valence-corrected chi connectivity index (χ3v) is 5.12. The second-order valence-electron chi connectivity index (χ2n) is 4.80. The molecule has 0 aliphatic carbocycles. The number of rotatable bonds is 3.